The van der Waals surface area contributed by atoms with Gasteiger partial charge in [-0.25, -0.2) is 4.39 Å². The third-order valence-electron chi connectivity index (χ3n) is 4.93. The van der Waals surface area contributed by atoms with Crippen LogP contribution in [-0.2, 0) is 17.8 Å². The van der Waals surface area contributed by atoms with Gasteiger partial charge in [0.05, 0.1) is 6.42 Å². The van der Waals surface area contributed by atoms with Gasteiger partial charge < -0.3 is 24.1 Å². The number of nitriles is 1. The molecule has 1 aliphatic rings. The molecule has 0 spiro atoms. The van der Waals surface area contributed by atoms with E-state index in [0.717, 1.165) is 11.6 Å². The molecule has 0 amide bonds. The molecule has 1 N–H and O–H groups in total. The van der Waals surface area contributed by atoms with E-state index in [1.165, 1.54) is 6.07 Å². The van der Waals surface area contributed by atoms with Crippen LogP contribution >= 0.6 is 0 Å². The molecule has 0 radical (unpaired) electrons. The molecule has 3 aromatic carbocycles. The minimum atomic E-state index is -1.03. The summed E-state index contributed by atoms with van der Waals surface area (Å²) in [6, 6.07) is 14.7. The summed E-state index contributed by atoms with van der Waals surface area (Å²) < 4.78 is 37.0. The monoisotopic (exact) mass is 435 g/mol. The quantitative estimate of drug-likeness (QED) is 0.573. The van der Waals surface area contributed by atoms with E-state index in [1.807, 2.05) is 0 Å². The number of carboxylic acid groups (broad SMARTS) is 1. The number of carbonyl (C=O) groups is 1. The molecule has 7 nitrogen and oxygen atoms in total. The Hall–Kier alpha value is -4.25. The number of aryl methyl sites for hydroxylation is 1. The Balaban J connectivity index is 1.63. The van der Waals surface area contributed by atoms with E-state index in [0.29, 0.717) is 22.6 Å². The van der Waals surface area contributed by atoms with E-state index in [4.69, 9.17) is 18.9 Å². The van der Waals surface area contributed by atoms with E-state index >= 15 is 0 Å². The highest BCUT2D eigenvalue weighted by molar-refractivity contribution is 5.72. The first kappa shape index (κ1) is 21.0. The minimum Gasteiger partial charge on any atom is -0.489 e. The molecule has 0 aromatic heterocycles. The fourth-order valence-electron chi connectivity index (χ4n) is 3.36. The molecule has 0 saturated heterocycles. The zero-order valence-corrected chi connectivity index (χ0v) is 17.1. The molecule has 0 fully saturated rings. The van der Waals surface area contributed by atoms with Gasteiger partial charge in [-0.05, 0) is 24.6 Å². The lowest BCUT2D eigenvalue weighted by Gasteiger charge is -2.15. The van der Waals surface area contributed by atoms with Crippen LogP contribution in [0.15, 0.2) is 48.5 Å². The van der Waals surface area contributed by atoms with Crippen LogP contribution in [0.4, 0.5) is 4.39 Å². The third kappa shape index (κ3) is 4.27. The second-order valence-electron chi connectivity index (χ2n) is 7.05. The van der Waals surface area contributed by atoms with Gasteiger partial charge in [-0.3, -0.25) is 4.79 Å². The van der Waals surface area contributed by atoms with Crippen LogP contribution in [0.5, 0.6) is 28.7 Å². The number of para-hydroxylation sites is 1. The molecule has 4 rings (SSSR count). The van der Waals surface area contributed by atoms with Crippen LogP contribution in [0.1, 0.15) is 22.3 Å². The van der Waals surface area contributed by atoms with Crippen LogP contribution < -0.4 is 18.9 Å². The Morgan fingerprint density at radius 1 is 1.19 bits per heavy atom. The van der Waals surface area contributed by atoms with Gasteiger partial charge in [0.25, 0.3) is 0 Å². The third-order valence-corrected chi connectivity index (χ3v) is 4.93. The average Bonchev–Trinajstić information content (AvgIpc) is 3.24. The molecule has 0 saturated carbocycles. The lowest BCUT2D eigenvalue weighted by Crippen LogP contribution is -2.05. The van der Waals surface area contributed by atoms with Crippen molar-refractivity contribution in [1.82, 2.24) is 0 Å². The maximum atomic E-state index is 14.6. The number of benzene rings is 3. The van der Waals surface area contributed by atoms with Gasteiger partial charge >= 0.3 is 5.97 Å². The Kier molecular flexibility index (Phi) is 5.81. The van der Waals surface area contributed by atoms with E-state index in [9.17, 15) is 19.6 Å². The highest BCUT2D eigenvalue weighted by Crippen LogP contribution is 2.37. The molecular weight excluding hydrogens is 417 g/mol. The number of ether oxygens (including phenoxy) is 4. The minimum absolute atomic E-state index is 0.0717. The van der Waals surface area contributed by atoms with Crippen LogP contribution in [0.2, 0.25) is 0 Å². The predicted molar refractivity (Wildman–Crippen MR) is 111 cm³/mol. The van der Waals surface area contributed by atoms with Crippen molar-refractivity contribution < 1.29 is 33.2 Å². The Labute approximate surface area is 183 Å². The van der Waals surface area contributed by atoms with Crippen molar-refractivity contribution in [3.8, 4) is 34.8 Å². The lowest BCUT2D eigenvalue weighted by molar-refractivity contribution is -0.136. The van der Waals surface area contributed by atoms with E-state index in [1.54, 1.807) is 49.4 Å². The highest BCUT2D eigenvalue weighted by atomic mass is 19.1. The number of nitrogens with zero attached hydrogens (tertiary/aromatic N) is 1. The van der Waals surface area contributed by atoms with Crippen molar-refractivity contribution in [2.24, 2.45) is 0 Å². The normalized spacial score (nSPS) is 11.7. The number of carboxylic acids is 1. The largest absolute Gasteiger partial charge is 0.489 e. The summed E-state index contributed by atoms with van der Waals surface area (Å²) in [5.41, 5.74) is 1.55. The van der Waals surface area contributed by atoms with Crippen molar-refractivity contribution in [2.75, 3.05) is 6.79 Å². The standard InChI is InChI=1S/C24H18FNO6/c1-14-4-2-6-20(17(14)10-23(27)28)32-22-9-16(8-19(25)18(22)11-26)29-12-15-5-3-7-21-24(15)31-13-30-21/h2-9H,10,12-13H2,1H3,(H,27,28). The first-order valence-electron chi connectivity index (χ1n) is 9.68. The summed E-state index contributed by atoms with van der Waals surface area (Å²) in [4.78, 5) is 11.3. The Morgan fingerprint density at radius 2 is 2.00 bits per heavy atom. The molecular formula is C24H18FNO6. The Morgan fingerprint density at radius 3 is 2.78 bits per heavy atom. The first-order chi connectivity index (χ1) is 15.5. The number of fused-ring (bicyclic) bond motifs is 1. The molecule has 162 valence electrons. The summed E-state index contributed by atoms with van der Waals surface area (Å²) in [6.07, 6.45) is -0.274. The second kappa shape index (κ2) is 8.86. The van der Waals surface area contributed by atoms with Gasteiger partial charge in [-0.2, -0.15) is 5.26 Å². The van der Waals surface area contributed by atoms with Crippen molar-refractivity contribution in [1.29, 1.82) is 5.26 Å². The lowest BCUT2D eigenvalue weighted by atomic mass is 10.0. The summed E-state index contributed by atoms with van der Waals surface area (Å²) in [5.74, 6) is -0.382. The number of halogens is 1. The summed E-state index contributed by atoms with van der Waals surface area (Å²) in [6.45, 7) is 1.94. The molecule has 0 aliphatic carbocycles. The molecule has 32 heavy (non-hydrogen) atoms. The van der Waals surface area contributed by atoms with Crippen LogP contribution in [0, 0.1) is 24.1 Å². The van der Waals surface area contributed by atoms with E-state index in [-0.39, 0.29) is 42.6 Å². The Bertz CT molecular complexity index is 1230. The number of rotatable bonds is 7. The highest BCUT2D eigenvalue weighted by Gasteiger charge is 2.20. The number of hydrogen-bond acceptors (Lipinski definition) is 6. The van der Waals surface area contributed by atoms with Crippen LogP contribution in [0.3, 0.4) is 0 Å². The number of aliphatic carboxylic acids is 1. The summed E-state index contributed by atoms with van der Waals surface area (Å²) in [7, 11) is 0. The van der Waals surface area contributed by atoms with Crippen molar-refractivity contribution in [3.63, 3.8) is 0 Å². The zero-order valence-electron chi connectivity index (χ0n) is 17.1. The van der Waals surface area contributed by atoms with Crippen molar-refractivity contribution >= 4 is 5.97 Å². The smallest absolute Gasteiger partial charge is 0.307 e. The van der Waals surface area contributed by atoms with E-state index < -0.39 is 11.8 Å². The molecule has 8 heteroatoms. The molecule has 1 heterocycles. The molecule has 0 bridgehead atoms. The molecule has 0 unspecified atom stereocenters. The average molecular weight is 435 g/mol. The van der Waals surface area contributed by atoms with Gasteiger partial charge in [0.15, 0.2) is 17.2 Å². The SMILES string of the molecule is Cc1cccc(Oc2cc(OCc3cccc4c3OCO4)cc(F)c2C#N)c1CC(=O)O. The molecule has 3 aromatic rings. The van der Waals surface area contributed by atoms with Crippen molar-refractivity contribution in [2.45, 2.75) is 20.0 Å². The topological polar surface area (TPSA) is 98.0 Å². The van der Waals surface area contributed by atoms with Crippen LogP contribution in [0.25, 0.3) is 0 Å². The van der Waals surface area contributed by atoms with Gasteiger partial charge in [-0.1, -0.05) is 24.3 Å². The van der Waals surface area contributed by atoms with Gasteiger partial charge in [-0.15, -0.1) is 0 Å². The van der Waals surface area contributed by atoms with Gasteiger partial charge in [0, 0.05) is 23.3 Å². The fourth-order valence-corrected chi connectivity index (χ4v) is 3.36. The van der Waals surface area contributed by atoms with Crippen LogP contribution in [-0.4, -0.2) is 17.9 Å². The maximum Gasteiger partial charge on any atom is 0.307 e. The first-order valence-corrected chi connectivity index (χ1v) is 9.68. The molecule has 1 aliphatic heterocycles. The van der Waals surface area contributed by atoms with E-state index in [2.05, 4.69) is 0 Å². The van der Waals surface area contributed by atoms with Gasteiger partial charge in [0.2, 0.25) is 6.79 Å². The van der Waals surface area contributed by atoms with Gasteiger partial charge in [0.1, 0.15) is 35.6 Å². The van der Waals surface area contributed by atoms with Crippen molar-refractivity contribution in [3.05, 3.63) is 76.6 Å². The predicted octanol–water partition coefficient (Wildman–Crippen LogP) is 4.73. The molecule has 0 atom stereocenters. The number of hydrogen-bond donors (Lipinski definition) is 1. The summed E-state index contributed by atoms with van der Waals surface area (Å²) >= 11 is 0. The second-order valence-corrected chi connectivity index (χ2v) is 7.05. The fraction of sp³-hybridized carbons (Fsp3) is 0.167. The zero-order chi connectivity index (χ0) is 22.7. The maximum absolute atomic E-state index is 14.6. The summed E-state index contributed by atoms with van der Waals surface area (Å²) in [5, 5.41) is 18.6.